The molecule has 0 amide bonds. The van der Waals surface area contributed by atoms with Gasteiger partial charge in [-0.3, -0.25) is 14.7 Å². The Hall–Kier alpha value is -2.28. The van der Waals surface area contributed by atoms with Crippen molar-refractivity contribution in [3.05, 3.63) is 57.0 Å². The molecular formula is C20H24F2N4O. The van der Waals surface area contributed by atoms with Crippen LogP contribution in [0.5, 0.6) is 0 Å². The zero-order valence-electron chi connectivity index (χ0n) is 15.5. The summed E-state index contributed by atoms with van der Waals surface area (Å²) in [5.41, 5.74) is 2.14. The number of anilines is 1. The molecule has 2 aliphatic rings. The summed E-state index contributed by atoms with van der Waals surface area (Å²) >= 11 is 0. The molecule has 1 saturated heterocycles. The number of aromatic nitrogens is 2. The van der Waals surface area contributed by atoms with Crippen LogP contribution >= 0.6 is 0 Å². The standard InChI is InChI=1S/C20H24F2N4O/c1-13-4-8-26(9-5-13)20-23-18-6-7-25(12-15(18)19(27)24-20)11-14-2-3-16(21)17(22)10-14/h2-3,10,13H,4-9,11-12H2,1H3,(H,23,24,27). The predicted octanol–water partition coefficient (Wildman–Crippen LogP) is 2.84. The number of piperidine rings is 1. The van der Waals surface area contributed by atoms with Gasteiger partial charge >= 0.3 is 0 Å². The van der Waals surface area contributed by atoms with Gasteiger partial charge in [0.1, 0.15) is 0 Å². The molecule has 0 unspecified atom stereocenters. The summed E-state index contributed by atoms with van der Waals surface area (Å²) in [6.45, 7) is 5.77. The van der Waals surface area contributed by atoms with Crippen molar-refractivity contribution in [3.8, 4) is 0 Å². The van der Waals surface area contributed by atoms with Gasteiger partial charge < -0.3 is 4.90 Å². The summed E-state index contributed by atoms with van der Waals surface area (Å²) < 4.78 is 26.5. The minimum atomic E-state index is -0.844. The monoisotopic (exact) mass is 374 g/mol. The Morgan fingerprint density at radius 3 is 2.70 bits per heavy atom. The van der Waals surface area contributed by atoms with Crippen LogP contribution in [0.15, 0.2) is 23.0 Å². The second-order valence-electron chi connectivity index (χ2n) is 7.69. The van der Waals surface area contributed by atoms with Gasteiger partial charge in [0.2, 0.25) is 5.95 Å². The van der Waals surface area contributed by atoms with Crippen LogP contribution in [-0.4, -0.2) is 34.5 Å². The third-order valence-corrected chi connectivity index (χ3v) is 5.61. The Bertz CT molecular complexity index is 890. The van der Waals surface area contributed by atoms with E-state index in [-0.39, 0.29) is 5.56 Å². The maximum atomic E-state index is 13.4. The molecule has 1 aromatic heterocycles. The SMILES string of the molecule is CC1CCN(c2nc3c(c(=O)[nH]2)CN(Cc2ccc(F)c(F)c2)CC3)CC1. The lowest BCUT2D eigenvalue weighted by atomic mass is 9.99. The Kier molecular flexibility index (Phi) is 4.95. The molecule has 0 aliphatic carbocycles. The van der Waals surface area contributed by atoms with Crippen LogP contribution in [0.25, 0.3) is 0 Å². The molecule has 4 rings (SSSR count). The lowest BCUT2D eigenvalue weighted by molar-refractivity contribution is 0.241. The normalized spacial score (nSPS) is 18.6. The number of rotatable bonds is 3. The van der Waals surface area contributed by atoms with Crippen LogP contribution in [0, 0.1) is 17.6 Å². The first-order valence-corrected chi connectivity index (χ1v) is 9.53. The molecule has 5 nitrogen and oxygen atoms in total. The summed E-state index contributed by atoms with van der Waals surface area (Å²) in [6, 6.07) is 3.94. The van der Waals surface area contributed by atoms with Gasteiger partial charge in [0.05, 0.1) is 11.3 Å². The number of fused-ring (bicyclic) bond motifs is 1. The Balaban J connectivity index is 1.49. The van der Waals surface area contributed by atoms with E-state index in [1.54, 1.807) is 6.07 Å². The minimum absolute atomic E-state index is 0.0939. The summed E-state index contributed by atoms with van der Waals surface area (Å²) in [4.78, 5) is 24.5. The predicted molar refractivity (Wildman–Crippen MR) is 99.6 cm³/mol. The van der Waals surface area contributed by atoms with E-state index in [9.17, 15) is 13.6 Å². The summed E-state index contributed by atoms with van der Waals surface area (Å²) in [6.07, 6.45) is 2.91. The summed E-state index contributed by atoms with van der Waals surface area (Å²) in [5.74, 6) is -0.289. The highest BCUT2D eigenvalue weighted by Gasteiger charge is 2.24. The molecule has 27 heavy (non-hydrogen) atoms. The summed E-state index contributed by atoms with van der Waals surface area (Å²) in [7, 11) is 0. The maximum Gasteiger partial charge on any atom is 0.257 e. The molecular weight excluding hydrogens is 350 g/mol. The Morgan fingerprint density at radius 1 is 1.19 bits per heavy atom. The quantitative estimate of drug-likeness (QED) is 0.898. The smallest absolute Gasteiger partial charge is 0.257 e. The van der Waals surface area contributed by atoms with Crippen molar-refractivity contribution in [1.82, 2.24) is 14.9 Å². The number of nitrogens with one attached hydrogen (secondary N) is 1. The first-order chi connectivity index (χ1) is 13.0. The van der Waals surface area contributed by atoms with Crippen LogP contribution in [0.2, 0.25) is 0 Å². The van der Waals surface area contributed by atoms with Crippen LogP contribution < -0.4 is 10.5 Å². The highest BCUT2D eigenvalue weighted by molar-refractivity contribution is 5.35. The van der Waals surface area contributed by atoms with Crippen molar-refractivity contribution in [2.75, 3.05) is 24.5 Å². The van der Waals surface area contributed by atoms with E-state index in [0.717, 1.165) is 50.2 Å². The number of aromatic amines is 1. The fraction of sp³-hybridized carbons (Fsp3) is 0.500. The molecule has 0 radical (unpaired) electrons. The van der Waals surface area contributed by atoms with Crippen molar-refractivity contribution in [3.63, 3.8) is 0 Å². The van der Waals surface area contributed by atoms with E-state index in [4.69, 9.17) is 4.98 Å². The van der Waals surface area contributed by atoms with E-state index in [2.05, 4.69) is 21.7 Å². The molecule has 2 aliphatic heterocycles. The van der Waals surface area contributed by atoms with Crippen molar-refractivity contribution < 1.29 is 8.78 Å². The molecule has 7 heteroatoms. The Labute approximate surface area is 157 Å². The number of nitrogens with zero attached hydrogens (tertiary/aromatic N) is 3. The van der Waals surface area contributed by atoms with E-state index in [0.29, 0.717) is 36.6 Å². The van der Waals surface area contributed by atoms with Crippen molar-refractivity contribution in [2.24, 2.45) is 5.92 Å². The topological polar surface area (TPSA) is 52.2 Å². The van der Waals surface area contributed by atoms with Gasteiger partial charge in [-0.25, -0.2) is 13.8 Å². The maximum absolute atomic E-state index is 13.4. The molecule has 144 valence electrons. The second-order valence-corrected chi connectivity index (χ2v) is 7.69. The van der Waals surface area contributed by atoms with Gasteiger partial charge in [-0.1, -0.05) is 13.0 Å². The molecule has 2 aromatic rings. The second kappa shape index (κ2) is 7.38. The van der Waals surface area contributed by atoms with E-state index < -0.39 is 11.6 Å². The molecule has 1 fully saturated rings. The largest absolute Gasteiger partial charge is 0.342 e. The average Bonchev–Trinajstić information content (AvgIpc) is 2.66. The first-order valence-electron chi connectivity index (χ1n) is 9.53. The highest BCUT2D eigenvalue weighted by atomic mass is 19.2. The van der Waals surface area contributed by atoms with Crippen molar-refractivity contribution in [1.29, 1.82) is 0 Å². The molecule has 3 heterocycles. The van der Waals surface area contributed by atoms with Gasteiger partial charge in [-0.05, 0) is 36.5 Å². The van der Waals surface area contributed by atoms with Gasteiger partial charge in [-0.2, -0.15) is 0 Å². The molecule has 0 saturated carbocycles. The molecule has 0 spiro atoms. The third-order valence-electron chi connectivity index (χ3n) is 5.61. The first kappa shape index (κ1) is 18.1. The molecule has 0 atom stereocenters. The third kappa shape index (κ3) is 3.88. The molecule has 1 N–H and O–H groups in total. The number of halogens is 2. The van der Waals surface area contributed by atoms with Gasteiger partial charge in [-0.15, -0.1) is 0 Å². The van der Waals surface area contributed by atoms with Crippen molar-refractivity contribution >= 4 is 5.95 Å². The Morgan fingerprint density at radius 2 is 1.96 bits per heavy atom. The lowest BCUT2D eigenvalue weighted by Gasteiger charge is -2.32. The summed E-state index contributed by atoms with van der Waals surface area (Å²) in [5, 5.41) is 0. The van der Waals surface area contributed by atoms with E-state index in [1.807, 2.05) is 0 Å². The van der Waals surface area contributed by atoms with Crippen molar-refractivity contribution in [2.45, 2.75) is 39.3 Å². The molecule has 1 aromatic carbocycles. The fourth-order valence-electron chi connectivity index (χ4n) is 3.87. The lowest BCUT2D eigenvalue weighted by Crippen LogP contribution is -2.39. The zero-order chi connectivity index (χ0) is 19.0. The number of benzene rings is 1. The minimum Gasteiger partial charge on any atom is -0.342 e. The van der Waals surface area contributed by atoms with Gasteiger partial charge in [0, 0.05) is 39.1 Å². The van der Waals surface area contributed by atoms with Gasteiger partial charge in [0.25, 0.3) is 5.56 Å². The average molecular weight is 374 g/mol. The number of hydrogen-bond acceptors (Lipinski definition) is 4. The van der Waals surface area contributed by atoms with Gasteiger partial charge in [0.15, 0.2) is 11.6 Å². The van der Waals surface area contributed by atoms with Crippen LogP contribution in [0.4, 0.5) is 14.7 Å². The number of H-pyrrole nitrogens is 1. The van der Waals surface area contributed by atoms with E-state index >= 15 is 0 Å². The van der Waals surface area contributed by atoms with E-state index in [1.165, 1.54) is 6.07 Å². The fourth-order valence-corrected chi connectivity index (χ4v) is 3.87. The number of hydrogen-bond donors (Lipinski definition) is 1. The van der Waals surface area contributed by atoms with Crippen LogP contribution in [-0.2, 0) is 19.5 Å². The zero-order valence-corrected chi connectivity index (χ0v) is 15.5. The molecule has 0 bridgehead atoms. The van der Waals surface area contributed by atoms with Crippen LogP contribution in [0.3, 0.4) is 0 Å². The highest BCUT2D eigenvalue weighted by Crippen LogP contribution is 2.22. The van der Waals surface area contributed by atoms with Crippen LogP contribution in [0.1, 0.15) is 36.6 Å².